The Balaban J connectivity index is 1.32. The van der Waals surface area contributed by atoms with Gasteiger partial charge in [-0.25, -0.2) is 0 Å². The highest BCUT2D eigenvalue weighted by molar-refractivity contribution is 5.77. The molecule has 0 N–H and O–H groups in total. The third kappa shape index (κ3) is 3.78. The zero-order chi connectivity index (χ0) is 16.4. The second-order valence-corrected chi connectivity index (χ2v) is 8.37. The third-order valence-corrected chi connectivity index (χ3v) is 6.35. The minimum atomic E-state index is 0.108. The Hall–Kier alpha value is -0.650. The van der Waals surface area contributed by atoms with Crippen LogP contribution in [0.15, 0.2) is 0 Å². The average molecular weight is 336 g/mol. The molecule has 1 saturated carbocycles. The van der Waals surface area contributed by atoms with Crippen LogP contribution >= 0.6 is 0 Å². The first-order valence-electron chi connectivity index (χ1n) is 9.95. The van der Waals surface area contributed by atoms with Crippen molar-refractivity contribution in [3.63, 3.8) is 0 Å². The Morgan fingerprint density at radius 2 is 1.96 bits per heavy atom. The second-order valence-electron chi connectivity index (χ2n) is 8.37. The van der Waals surface area contributed by atoms with Crippen LogP contribution in [0.4, 0.5) is 0 Å². The van der Waals surface area contributed by atoms with E-state index in [2.05, 4.69) is 4.90 Å². The van der Waals surface area contributed by atoms with Crippen LogP contribution in [0.1, 0.15) is 44.9 Å². The van der Waals surface area contributed by atoms with Crippen LogP contribution in [0.2, 0.25) is 0 Å². The van der Waals surface area contributed by atoms with E-state index in [4.69, 9.17) is 9.47 Å². The molecule has 0 aromatic rings. The Kier molecular flexibility index (Phi) is 5.11. The summed E-state index contributed by atoms with van der Waals surface area (Å²) in [6, 6.07) is 0. The number of likely N-dealkylation sites (tertiary alicyclic amines) is 2. The maximum atomic E-state index is 12.2. The number of nitrogens with zero attached hydrogens (tertiary/aromatic N) is 2. The van der Waals surface area contributed by atoms with Crippen molar-refractivity contribution in [3.05, 3.63) is 0 Å². The smallest absolute Gasteiger partial charge is 0.248 e. The van der Waals surface area contributed by atoms with Crippen molar-refractivity contribution in [1.82, 2.24) is 9.80 Å². The molecule has 1 amide bonds. The van der Waals surface area contributed by atoms with Gasteiger partial charge in [0, 0.05) is 44.7 Å². The van der Waals surface area contributed by atoms with Crippen LogP contribution < -0.4 is 0 Å². The molecular formula is C19H32N2O3. The van der Waals surface area contributed by atoms with Gasteiger partial charge in [0.15, 0.2) is 0 Å². The minimum Gasteiger partial charge on any atom is -0.377 e. The topological polar surface area (TPSA) is 42.0 Å². The van der Waals surface area contributed by atoms with Crippen molar-refractivity contribution in [1.29, 1.82) is 0 Å². The molecule has 3 aliphatic heterocycles. The molecular weight excluding hydrogens is 304 g/mol. The summed E-state index contributed by atoms with van der Waals surface area (Å²) >= 11 is 0. The maximum Gasteiger partial charge on any atom is 0.248 e. The number of ether oxygens (including phenoxy) is 2. The van der Waals surface area contributed by atoms with E-state index in [1.165, 1.54) is 25.8 Å². The van der Waals surface area contributed by atoms with Crippen molar-refractivity contribution in [2.24, 2.45) is 11.3 Å². The molecule has 4 fully saturated rings. The quantitative estimate of drug-likeness (QED) is 0.743. The maximum absolute atomic E-state index is 12.2. The molecule has 5 nitrogen and oxygen atoms in total. The van der Waals surface area contributed by atoms with Gasteiger partial charge in [0.05, 0.1) is 12.7 Å². The summed E-state index contributed by atoms with van der Waals surface area (Å²) < 4.78 is 12.1. The van der Waals surface area contributed by atoms with Gasteiger partial charge in [0.25, 0.3) is 0 Å². The molecule has 2 unspecified atom stereocenters. The number of piperidine rings is 1. The lowest BCUT2D eigenvalue weighted by molar-refractivity contribution is -0.159. The highest BCUT2D eigenvalue weighted by Crippen LogP contribution is 2.41. The Bertz CT molecular complexity index is 448. The van der Waals surface area contributed by atoms with Gasteiger partial charge >= 0.3 is 0 Å². The van der Waals surface area contributed by atoms with Gasteiger partial charge in [-0.3, -0.25) is 4.79 Å². The number of fused-ring (bicyclic) bond motifs is 1. The molecule has 3 saturated heterocycles. The second kappa shape index (κ2) is 7.30. The zero-order valence-electron chi connectivity index (χ0n) is 14.9. The first-order valence-corrected chi connectivity index (χ1v) is 9.95. The average Bonchev–Trinajstić information content (AvgIpc) is 3.23. The number of amides is 1. The van der Waals surface area contributed by atoms with E-state index in [0.29, 0.717) is 12.7 Å². The van der Waals surface area contributed by atoms with Crippen molar-refractivity contribution < 1.29 is 14.3 Å². The highest BCUT2D eigenvalue weighted by Gasteiger charge is 2.46. The molecule has 0 spiro atoms. The van der Waals surface area contributed by atoms with Gasteiger partial charge in [-0.1, -0.05) is 0 Å². The van der Waals surface area contributed by atoms with Crippen LogP contribution in [0.3, 0.4) is 0 Å². The molecule has 3 heterocycles. The van der Waals surface area contributed by atoms with Crippen LogP contribution in [0.25, 0.3) is 0 Å². The van der Waals surface area contributed by atoms with E-state index in [1.54, 1.807) is 0 Å². The molecule has 0 bridgehead atoms. The van der Waals surface area contributed by atoms with Gasteiger partial charge in [0.1, 0.15) is 6.61 Å². The molecule has 0 radical (unpaired) electrons. The number of rotatable bonds is 6. The van der Waals surface area contributed by atoms with Crippen LogP contribution in [-0.2, 0) is 14.3 Å². The number of carbonyl (C=O) groups is 1. The third-order valence-electron chi connectivity index (χ3n) is 6.35. The van der Waals surface area contributed by atoms with E-state index < -0.39 is 0 Å². The Morgan fingerprint density at radius 3 is 2.75 bits per heavy atom. The first kappa shape index (κ1) is 16.8. The van der Waals surface area contributed by atoms with Gasteiger partial charge in [0.2, 0.25) is 5.91 Å². The van der Waals surface area contributed by atoms with Crippen molar-refractivity contribution >= 4 is 5.91 Å². The minimum absolute atomic E-state index is 0.108. The monoisotopic (exact) mass is 336 g/mol. The summed E-state index contributed by atoms with van der Waals surface area (Å²) in [6.45, 7) is 7.14. The number of carbonyl (C=O) groups excluding carboxylic acids is 1. The number of hydrogen-bond acceptors (Lipinski definition) is 4. The van der Waals surface area contributed by atoms with Crippen molar-refractivity contribution in [3.8, 4) is 0 Å². The molecule has 1 aliphatic carbocycles. The van der Waals surface area contributed by atoms with E-state index in [1.807, 2.05) is 4.90 Å². The zero-order valence-corrected chi connectivity index (χ0v) is 14.9. The van der Waals surface area contributed by atoms with Crippen LogP contribution in [-0.4, -0.2) is 74.4 Å². The van der Waals surface area contributed by atoms with Gasteiger partial charge in [-0.05, 0) is 50.9 Å². The lowest BCUT2D eigenvalue weighted by Gasteiger charge is -2.50. The summed E-state index contributed by atoms with van der Waals surface area (Å²) in [5, 5.41) is 0. The lowest BCUT2D eigenvalue weighted by atomic mass is 9.73. The normalized spacial score (nSPS) is 34.3. The Labute approximate surface area is 145 Å². The number of hydrogen-bond donors (Lipinski definition) is 0. The van der Waals surface area contributed by atoms with Gasteiger partial charge < -0.3 is 19.3 Å². The van der Waals surface area contributed by atoms with Crippen LogP contribution in [0, 0.1) is 11.3 Å². The highest BCUT2D eigenvalue weighted by atomic mass is 16.5. The first-order chi connectivity index (χ1) is 11.8. The van der Waals surface area contributed by atoms with E-state index in [-0.39, 0.29) is 17.9 Å². The van der Waals surface area contributed by atoms with Crippen LogP contribution in [0.5, 0.6) is 0 Å². The molecule has 4 aliphatic rings. The van der Waals surface area contributed by atoms with Crippen molar-refractivity contribution in [2.75, 3.05) is 52.5 Å². The predicted octanol–water partition coefficient (Wildman–Crippen LogP) is 1.91. The largest absolute Gasteiger partial charge is 0.377 e. The molecule has 24 heavy (non-hydrogen) atoms. The fraction of sp³-hybridized carbons (Fsp3) is 0.947. The summed E-state index contributed by atoms with van der Waals surface area (Å²) in [7, 11) is 0. The van der Waals surface area contributed by atoms with E-state index in [0.717, 1.165) is 64.4 Å². The molecule has 4 rings (SSSR count). The van der Waals surface area contributed by atoms with Crippen molar-refractivity contribution in [2.45, 2.75) is 51.0 Å². The summed E-state index contributed by atoms with van der Waals surface area (Å²) in [6.07, 6.45) is 8.84. The lowest BCUT2D eigenvalue weighted by Crippen LogP contribution is -2.57. The summed E-state index contributed by atoms with van der Waals surface area (Å²) in [5.74, 6) is 1.10. The summed E-state index contributed by atoms with van der Waals surface area (Å²) in [5.41, 5.74) is 0.108. The van der Waals surface area contributed by atoms with Gasteiger partial charge in [-0.15, -0.1) is 0 Å². The van der Waals surface area contributed by atoms with E-state index in [9.17, 15) is 4.79 Å². The SMILES string of the molecule is O=C(COCC12CCCOC1CCN(CC1CC1)C2)N1CCCC1. The molecule has 136 valence electrons. The molecule has 2 atom stereocenters. The molecule has 0 aromatic heterocycles. The van der Waals surface area contributed by atoms with Gasteiger partial charge in [-0.2, -0.15) is 0 Å². The molecule has 0 aromatic carbocycles. The Morgan fingerprint density at radius 1 is 1.12 bits per heavy atom. The van der Waals surface area contributed by atoms with E-state index >= 15 is 0 Å². The fourth-order valence-corrected chi connectivity index (χ4v) is 4.81. The summed E-state index contributed by atoms with van der Waals surface area (Å²) in [4.78, 5) is 16.8. The standard InChI is InChI=1S/C19H32N2O3/c22-18(21-8-1-2-9-21)13-23-15-19-7-3-11-24-17(19)6-10-20(14-19)12-16-4-5-16/h16-17H,1-15H2. The molecule has 5 heteroatoms. The fourth-order valence-electron chi connectivity index (χ4n) is 4.81. The predicted molar refractivity (Wildman–Crippen MR) is 91.8 cm³/mol.